The molecular formula is C13H11Cl2N3O. The van der Waals surface area contributed by atoms with E-state index in [0.717, 1.165) is 5.56 Å². The lowest BCUT2D eigenvalue weighted by Gasteiger charge is -2.10. The van der Waals surface area contributed by atoms with Crippen molar-refractivity contribution in [3.63, 3.8) is 0 Å². The predicted molar refractivity (Wildman–Crippen MR) is 76.5 cm³/mol. The van der Waals surface area contributed by atoms with E-state index in [1.54, 1.807) is 30.5 Å². The molecule has 0 unspecified atom stereocenters. The highest BCUT2D eigenvalue weighted by Crippen LogP contribution is 2.21. The topological polar surface area (TPSA) is 68.0 Å². The first-order chi connectivity index (χ1) is 9.06. The Morgan fingerprint density at radius 1 is 1.26 bits per heavy atom. The Balaban J connectivity index is 2.16. The lowest BCUT2D eigenvalue weighted by molar-refractivity contribution is 0.100. The first kappa shape index (κ1) is 13.6. The van der Waals surface area contributed by atoms with Crippen molar-refractivity contribution in [2.24, 2.45) is 5.73 Å². The maximum absolute atomic E-state index is 11.3. The van der Waals surface area contributed by atoms with Crippen LogP contribution in [0.5, 0.6) is 0 Å². The summed E-state index contributed by atoms with van der Waals surface area (Å²) in [7, 11) is 0. The molecule has 4 nitrogen and oxygen atoms in total. The van der Waals surface area contributed by atoms with E-state index in [1.165, 1.54) is 0 Å². The van der Waals surface area contributed by atoms with E-state index >= 15 is 0 Å². The number of amides is 1. The lowest BCUT2D eigenvalue weighted by Crippen LogP contribution is -2.14. The van der Waals surface area contributed by atoms with Gasteiger partial charge >= 0.3 is 0 Å². The summed E-state index contributed by atoms with van der Waals surface area (Å²) in [6.45, 7) is 0.491. The van der Waals surface area contributed by atoms with Crippen LogP contribution in [0.2, 0.25) is 10.2 Å². The van der Waals surface area contributed by atoms with Crippen molar-refractivity contribution in [1.29, 1.82) is 0 Å². The quantitative estimate of drug-likeness (QED) is 0.852. The van der Waals surface area contributed by atoms with E-state index in [4.69, 9.17) is 28.9 Å². The van der Waals surface area contributed by atoms with E-state index in [1.807, 2.05) is 6.07 Å². The van der Waals surface area contributed by atoms with E-state index in [0.29, 0.717) is 28.0 Å². The summed E-state index contributed by atoms with van der Waals surface area (Å²) in [4.78, 5) is 15.3. The van der Waals surface area contributed by atoms with Crippen LogP contribution >= 0.6 is 23.2 Å². The summed E-state index contributed by atoms with van der Waals surface area (Å²) >= 11 is 11.6. The molecule has 1 aromatic heterocycles. The molecule has 1 aromatic carbocycles. The molecule has 0 saturated carbocycles. The van der Waals surface area contributed by atoms with E-state index in [-0.39, 0.29) is 0 Å². The smallest absolute Gasteiger partial charge is 0.250 e. The molecule has 0 aliphatic carbocycles. The fraction of sp³-hybridized carbons (Fsp3) is 0.0769. The van der Waals surface area contributed by atoms with Crippen molar-refractivity contribution in [3.05, 3.63) is 57.8 Å². The van der Waals surface area contributed by atoms with Crippen LogP contribution in [-0.4, -0.2) is 10.9 Å². The van der Waals surface area contributed by atoms with Crippen LogP contribution < -0.4 is 11.1 Å². The van der Waals surface area contributed by atoms with E-state index < -0.39 is 5.91 Å². The number of pyridine rings is 1. The van der Waals surface area contributed by atoms with Crippen molar-refractivity contribution in [2.45, 2.75) is 6.54 Å². The van der Waals surface area contributed by atoms with Crippen LogP contribution in [0.3, 0.4) is 0 Å². The molecule has 0 aliphatic rings. The van der Waals surface area contributed by atoms with Gasteiger partial charge in [-0.2, -0.15) is 0 Å². The highest BCUT2D eigenvalue weighted by Gasteiger charge is 2.08. The van der Waals surface area contributed by atoms with Gasteiger partial charge in [0.25, 0.3) is 5.91 Å². The molecule has 19 heavy (non-hydrogen) atoms. The fourth-order valence-corrected chi connectivity index (χ4v) is 1.87. The second-order valence-corrected chi connectivity index (χ2v) is 4.72. The van der Waals surface area contributed by atoms with Crippen molar-refractivity contribution < 1.29 is 4.79 Å². The zero-order valence-electron chi connectivity index (χ0n) is 9.86. The summed E-state index contributed by atoms with van der Waals surface area (Å²) in [6.07, 6.45) is 1.66. The standard InChI is InChI=1S/C13H11Cl2N3O/c14-9-2-3-10(13(16)19)11(5-9)17-6-8-1-4-12(15)18-7-8/h1-5,7,17H,6H2,(H2,16,19). The van der Waals surface area contributed by atoms with Crippen LogP contribution in [-0.2, 0) is 6.54 Å². The Morgan fingerprint density at radius 2 is 2.05 bits per heavy atom. The third-order valence-corrected chi connectivity index (χ3v) is 2.98. The number of carbonyl (C=O) groups excluding carboxylic acids is 1. The van der Waals surface area contributed by atoms with Gasteiger partial charge < -0.3 is 11.1 Å². The minimum absolute atomic E-state index is 0.395. The number of halogens is 2. The van der Waals surface area contributed by atoms with Gasteiger partial charge in [-0.3, -0.25) is 4.79 Å². The van der Waals surface area contributed by atoms with Gasteiger partial charge in [0.05, 0.1) is 5.56 Å². The predicted octanol–water partition coefficient (Wildman–Crippen LogP) is 3.10. The van der Waals surface area contributed by atoms with E-state index in [9.17, 15) is 4.79 Å². The van der Waals surface area contributed by atoms with Gasteiger partial charge in [-0.25, -0.2) is 4.98 Å². The molecule has 0 aliphatic heterocycles. The number of aromatic nitrogens is 1. The molecule has 3 N–H and O–H groups in total. The number of anilines is 1. The molecule has 0 fully saturated rings. The van der Waals surface area contributed by atoms with Gasteiger partial charge in [0.1, 0.15) is 5.15 Å². The summed E-state index contributed by atoms with van der Waals surface area (Å²) in [5, 5.41) is 4.07. The fourth-order valence-electron chi connectivity index (χ4n) is 1.59. The highest BCUT2D eigenvalue weighted by molar-refractivity contribution is 6.31. The Hall–Kier alpha value is -1.78. The van der Waals surface area contributed by atoms with Crippen LogP contribution in [0.1, 0.15) is 15.9 Å². The van der Waals surface area contributed by atoms with Crippen LogP contribution in [0, 0.1) is 0 Å². The van der Waals surface area contributed by atoms with Gasteiger partial charge in [-0.15, -0.1) is 0 Å². The molecular weight excluding hydrogens is 285 g/mol. The Bertz CT molecular complexity index is 599. The second kappa shape index (κ2) is 5.91. The lowest BCUT2D eigenvalue weighted by atomic mass is 10.1. The molecule has 2 aromatic rings. The Morgan fingerprint density at radius 3 is 2.68 bits per heavy atom. The minimum Gasteiger partial charge on any atom is -0.380 e. The van der Waals surface area contributed by atoms with Gasteiger partial charge in [0, 0.05) is 23.5 Å². The maximum Gasteiger partial charge on any atom is 0.250 e. The molecule has 98 valence electrons. The summed E-state index contributed by atoms with van der Waals surface area (Å²) in [5.41, 5.74) is 7.22. The van der Waals surface area contributed by atoms with Crippen LogP contribution in [0.4, 0.5) is 5.69 Å². The Kier molecular flexibility index (Phi) is 4.24. The first-order valence-electron chi connectivity index (χ1n) is 5.50. The van der Waals surface area contributed by atoms with Gasteiger partial charge in [0.2, 0.25) is 0 Å². The molecule has 2 rings (SSSR count). The second-order valence-electron chi connectivity index (χ2n) is 3.90. The first-order valence-corrected chi connectivity index (χ1v) is 6.25. The summed E-state index contributed by atoms with van der Waals surface area (Å²) < 4.78 is 0. The number of rotatable bonds is 4. The molecule has 1 amide bonds. The normalized spacial score (nSPS) is 10.2. The van der Waals surface area contributed by atoms with Gasteiger partial charge in [-0.05, 0) is 29.8 Å². The van der Waals surface area contributed by atoms with E-state index in [2.05, 4.69) is 10.3 Å². The van der Waals surface area contributed by atoms with Gasteiger partial charge in [-0.1, -0.05) is 29.3 Å². The third-order valence-electron chi connectivity index (χ3n) is 2.52. The highest BCUT2D eigenvalue weighted by atomic mass is 35.5. The number of carbonyl (C=O) groups is 1. The minimum atomic E-state index is -0.506. The zero-order chi connectivity index (χ0) is 13.8. The molecule has 1 heterocycles. The average molecular weight is 296 g/mol. The molecule has 0 radical (unpaired) electrons. The molecule has 0 atom stereocenters. The number of hydrogen-bond acceptors (Lipinski definition) is 3. The number of nitrogens with one attached hydrogen (secondary N) is 1. The van der Waals surface area contributed by atoms with Crippen LogP contribution in [0.15, 0.2) is 36.5 Å². The number of primary amides is 1. The average Bonchev–Trinajstić information content (AvgIpc) is 2.38. The summed E-state index contributed by atoms with van der Waals surface area (Å²) in [6, 6.07) is 8.41. The molecule has 6 heteroatoms. The SMILES string of the molecule is NC(=O)c1ccc(Cl)cc1NCc1ccc(Cl)nc1. The van der Waals surface area contributed by atoms with Crippen LogP contribution in [0.25, 0.3) is 0 Å². The molecule has 0 spiro atoms. The van der Waals surface area contributed by atoms with Gasteiger partial charge in [0.15, 0.2) is 0 Å². The number of benzene rings is 1. The number of hydrogen-bond donors (Lipinski definition) is 2. The van der Waals surface area contributed by atoms with Crippen molar-refractivity contribution >= 4 is 34.8 Å². The zero-order valence-corrected chi connectivity index (χ0v) is 11.4. The third kappa shape index (κ3) is 3.59. The largest absolute Gasteiger partial charge is 0.380 e. The molecule has 0 bridgehead atoms. The Labute approximate surface area is 120 Å². The van der Waals surface area contributed by atoms with Crippen molar-refractivity contribution in [1.82, 2.24) is 4.98 Å². The number of nitrogens with two attached hydrogens (primary N) is 1. The maximum atomic E-state index is 11.3. The number of nitrogens with zero attached hydrogens (tertiary/aromatic N) is 1. The monoisotopic (exact) mass is 295 g/mol. The van der Waals surface area contributed by atoms with Crippen molar-refractivity contribution in [3.8, 4) is 0 Å². The molecule has 0 saturated heterocycles. The summed E-state index contributed by atoms with van der Waals surface area (Å²) in [5.74, 6) is -0.506. The van der Waals surface area contributed by atoms with Crippen molar-refractivity contribution in [2.75, 3.05) is 5.32 Å².